The van der Waals surface area contributed by atoms with Crippen LogP contribution in [0.2, 0.25) is 0 Å². The second kappa shape index (κ2) is 12.5. The molecule has 5 aliphatic carbocycles. The lowest BCUT2D eigenvalue weighted by atomic mass is 9.56. The van der Waals surface area contributed by atoms with Crippen molar-refractivity contribution in [2.24, 2.45) is 5.92 Å². The van der Waals surface area contributed by atoms with E-state index in [9.17, 15) is 23.2 Å². The second-order valence-electron chi connectivity index (χ2n) is 11.4. The van der Waals surface area contributed by atoms with Crippen LogP contribution < -0.4 is 10.6 Å². The van der Waals surface area contributed by atoms with Gasteiger partial charge in [0, 0.05) is 18.4 Å². The van der Waals surface area contributed by atoms with Gasteiger partial charge in [0.15, 0.2) is 0 Å². The highest BCUT2D eigenvalue weighted by Crippen LogP contribution is 2.50. The number of amides is 2. The Kier molecular flexibility index (Phi) is 9.80. The Bertz CT molecular complexity index is 875. The third kappa shape index (κ3) is 6.91. The normalized spacial score (nSPS) is 40.8. The molecule has 0 radical (unpaired) electrons. The number of ether oxygens (including phenoxy) is 3. The van der Waals surface area contributed by atoms with Gasteiger partial charge in [0.05, 0.1) is 41.5 Å². The molecular weight excluding hydrogens is 545 g/mol. The standard InChI is InChI=1S/C26H38Cl2F2N2O6/c1-36-24(35)17-12-25(31-22(33)13-37-15-2-4-18(27)20(29)10-15)6-8-26(17,9-7-25)32-23(34)14-38-16-3-5-19(28)21(30)11-16/h15-21H,2-14H2,1H3,(H,31,33)(H,32,34). The molecule has 0 aliphatic heterocycles. The molecule has 0 spiro atoms. The minimum Gasteiger partial charge on any atom is -0.469 e. The minimum absolute atomic E-state index is 0.158. The summed E-state index contributed by atoms with van der Waals surface area (Å²) in [7, 11) is 1.30. The molecule has 5 saturated carbocycles. The number of rotatable bonds is 9. The fourth-order valence-corrected chi connectivity index (χ4v) is 7.03. The third-order valence-corrected chi connectivity index (χ3v) is 9.81. The van der Waals surface area contributed by atoms with Crippen molar-refractivity contribution in [3.63, 3.8) is 0 Å². The number of carbonyl (C=O) groups is 3. The third-order valence-electron chi connectivity index (χ3n) is 8.83. The molecule has 5 rings (SSSR count). The van der Waals surface area contributed by atoms with E-state index >= 15 is 0 Å². The van der Waals surface area contributed by atoms with Crippen LogP contribution in [-0.4, -0.2) is 84.5 Å². The van der Waals surface area contributed by atoms with Crippen LogP contribution in [0.15, 0.2) is 0 Å². The molecule has 0 heterocycles. The van der Waals surface area contributed by atoms with Crippen LogP contribution in [0.4, 0.5) is 8.78 Å². The van der Waals surface area contributed by atoms with Gasteiger partial charge in [0.25, 0.3) is 0 Å². The molecule has 0 aromatic heterocycles. The monoisotopic (exact) mass is 582 g/mol. The molecule has 38 heavy (non-hydrogen) atoms. The Balaban J connectivity index is 1.30. The number of nitrogens with one attached hydrogen (secondary N) is 2. The van der Waals surface area contributed by atoms with E-state index in [0.29, 0.717) is 57.8 Å². The van der Waals surface area contributed by atoms with E-state index in [1.807, 2.05) is 0 Å². The maximum absolute atomic E-state index is 13.9. The highest BCUT2D eigenvalue weighted by Gasteiger charge is 2.58. The first-order chi connectivity index (χ1) is 18.0. The largest absolute Gasteiger partial charge is 0.469 e. The van der Waals surface area contributed by atoms with Gasteiger partial charge in [-0.25, -0.2) is 8.78 Å². The van der Waals surface area contributed by atoms with Crippen LogP contribution in [0.25, 0.3) is 0 Å². The molecule has 2 amide bonds. The van der Waals surface area contributed by atoms with E-state index in [4.69, 9.17) is 37.4 Å². The van der Waals surface area contributed by atoms with Crippen molar-refractivity contribution in [1.29, 1.82) is 0 Å². The summed E-state index contributed by atoms with van der Waals surface area (Å²) in [5, 5.41) is 5.05. The molecule has 5 fully saturated rings. The van der Waals surface area contributed by atoms with E-state index in [0.717, 1.165) is 0 Å². The van der Waals surface area contributed by atoms with Crippen LogP contribution in [0.1, 0.15) is 70.6 Å². The minimum atomic E-state index is -1.16. The van der Waals surface area contributed by atoms with Gasteiger partial charge in [0.2, 0.25) is 11.8 Å². The summed E-state index contributed by atoms with van der Waals surface area (Å²) < 4.78 is 44.2. The summed E-state index contributed by atoms with van der Waals surface area (Å²) in [4.78, 5) is 38.4. The number of fused-ring (bicyclic) bond motifs is 3. The zero-order valence-electron chi connectivity index (χ0n) is 21.7. The zero-order valence-corrected chi connectivity index (χ0v) is 23.2. The van der Waals surface area contributed by atoms with Gasteiger partial charge in [-0.3, -0.25) is 14.4 Å². The lowest BCUT2D eigenvalue weighted by Crippen LogP contribution is -2.70. The van der Waals surface area contributed by atoms with Crippen molar-refractivity contribution in [3.8, 4) is 0 Å². The first kappa shape index (κ1) is 29.7. The van der Waals surface area contributed by atoms with E-state index in [1.165, 1.54) is 7.11 Å². The summed E-state index contributed by atoms with van der Waals surface area (Å²) in [6.45, 7) is -0.426. The van der Waals surface area contributed by atoms with Gasteiger partial charge >= 0.3 is 5.97 Å². The quantitative estimate of drug-likeness (QED) is 0.318. The number of methoxy groups -OCH3 is 1. The molecule has 0 saturated heterocycles. The van der Waals surface area contributed by atoms with Gasteiger partial charge < -0.3 is 24.8 Å². The Morgan fingerprint density at radius 1 is 0.816 bits per heavy atom. The molecule has 7 atom stereocenters. The van der Waals surface area contributed by atoms with Crippen LogP contribution in [0, 0.1) is 5.92 Å². The smallest absolute Gasteiger partial charge is 0.311 e. The SMILES string of the molecule is COC(=O)C1CC2(NC(=O)COC3CCC(Cl)C(F)C3)CCC1(NC(=O)COC1CCC(Cl)C(F)C1)CC2. The Hall–Kier alpha value is -1.23. The molecule has 12 heteroatoms. The molecular formula is C26H38Cl2F2N2O6. The topological polar surface area (TPSA) is 103 Å². The predicted molar refractivity (Wildman–Crippen MR) is 137 cm³/mol. The highest BCUT2D eigenvalue weighted by atomic mass is 35.5. The molecule has 0 aromatic carbocycles. The maximum atomic E-state index is 13.9. The molecule has 2 N–H and O–H groups in total. The van der Waals surface area contributed by atoms with Crippen molar-refractivity contribution in [1.82, 2.24) is 10.6 Å². The lowest BCUT2D eigenvalue weighted by molar-refractivity contribution is -0.158. The molecule has 0 aromatic rings. The first-order valence-electron chi connectivity index (χ1n) is 13.5. The van der Waals surface area contributed by atoms with Crippen molar-refractivity contribution in [2.45, 2.75) is 117 Å². The fourth-order valence-electron chi connectivity index (χ4n) is 6.57. The Morgan fingerprint density at radius 3 is 1.79 bits per heavy atom. The zero-order chi connectivity index (χ0) is 27.5. The number of alkyl halides is 4. The van der Waals surface area contributed by atoms with Crippen molar-refractivity contribution >= 4 is 41.0 Å². The predicted octanol–water partition coefficient (Wildman–Crippen LogP) is 3.49. The summed E-state index contributed by atoms with van der Waals surface area (Å²) in [5.74, 6) is -1.78. The van der Waals surface area contributed by atoms with Gasteiger partial charge in [-0.05, 0) is 57.8 Å². The summed E-state index contributed by atoms with van der Waals surface area (Å²) in [6, 6.07) is 0. The number of hydrogen-bond acceptors (Lipinski definition) is 6. The average molecular weight is 584 g/mol. The van der Waals surface area contributed by atoms with Crippen LogP contribution in [0.3, 0.4) is 0 Å². The number of halogens is 4. The fraction of sp³-hybridized carbons (Fsp3) is 0.885. The van der Waals surface area contributed by atoms with Crippen LogP contribution >= 0.6 is 23.2 Å². The lowest BCUT2D eigenvalue weighted by Gasteiger charge is -2.57. The Labute approximate surface area is 232 Å². The summed E-state index contributed by atoms with van der Waals surface area (Å²) >= 11 is 11.8. The number of carbonyl (C=O) groups excluding carboxylic acids is 3. The van der Waals surface area contributed by atoms with Crippen molar-refractivity contribution in [3.05, 3.63) is 0 Å². The average Bonchev–Trinajstić information content (AvgIpc) is 2.90. The van der Waals surface area contributed by atoms with E-state index in [-0.39, 0.29) is 50.1 Å². The number of hydrogen-bond donors (Lipinski definition) is 2. The van der Waals surface area contributed by atoms with Gasteiger partial charge in [-0.15, -0.1) is 23.2 Å². The number of esters is 1. The van der Waals surface area contributed by atoms with Crippen molar-refractivity contribution in [2.75, 3.05) is 20.3 Å². The van der Waals surface area contributed by atoms with E-state index < -0.39 is 46.1 Å². The first-order valence-corrected chi connectivity index (χ1v) is 14.4. The van der Waals surface area contributed by atoms with Gasteiger partial charge in [-0.2, -0.15) is 0 Å². The highest BCUT2D eigenvalue weighted by molar-refractivity contribution is 6.21. The van der Waals surface area contributed by atoms with Gasteiger partial charge in [-0.1, -0.05) is 0 Å². The van der Waals surface area contributed by atoms with Crippen LogP contribution in [-0.2, 0) is 28.6 Å². The van der Waals surface area contributed by atoms with E-state index in [1.54, 1.807) is 0 Å². The molecule has 7 unspecified atom stereocenters. The molecule has 5 aliphatic rings. The molecule has 2 bridgehead atoms. The molecule has 216 valence electrons. The Morgan fingerprint density at radius 2 is 1.32 bits per heavy atom. The summed E-state index contributed by atoms with van der Waals surface area (Å²) in [5.41, 5.74) is -1.42. The summed E-state index contributed by atoms with van der Waals surface area (Å²) in [6.07, 6.45) is 1.90. The van der Waals surface area contributed by atoms with Crippen molar-refractivity contribution < 1.29 is 37.4 Å². The second-order valence-corrected chi connectivity index (χ2v) is 12.5. The van der Waals surface area contributed by atoms with E-state index in [2.05, 4.69) is 10.6 Å². The van der Waals surface area contributed by atoms with Crippen LogP contribution in [0.5, 0.6) is 0 Å². The maximum Gasteiger partial charge on any atom is 0.311 e. The van der Waals surface area contributed by atoms with Gasteiger partial charge in [0.1, 0.15) is 25.6 Å². The molecule has 8 nitrogen and oxygen atoms in total.